The van der Waals surface area contributed by atoms with Gasteiger partial charge in [0, 0.05) is 12.6 Å². The second kappa shape index (κ2) is 6.04. The molecule has 0 radical (unpaired) electrons. The lowest BCUT2D eigenvalue weighted by Crippen LogP contribution is -2.34. The molecule has 0 spiro atoms. The Balaban J connectivity index is 1.63. The number of aliphatic hydroxyl groups is 1. The van der Waals surface area contributed by atoms with Gasteiger partial charge in [-0.15, -0.1) is 11.3 Å². The molecular formula is C16H20N2OS. The third-order valence-corrected chi connectivity index (χ3v) is 4.99. The molecule has 1 heterocycles. The molecule has 0 amide bonds. The fraction of sp³-hybridized carbons (Fsp3) is 0.438. The highest BCUT2D eigenvalue weighted by Crippen LogP contribution is 2.27. The summed E-state index contributed by atoms with van der Waals surface area (Å²) in [5.41, 5.74) is 5.47. The number of nitrogens with one attached hydrogen (secondary N) is 1. The number of benzene rings is 1. The molecule has 2 aromatic rings. The molecular weight excluding hydrogens is 268 g/mol. The zero-order chi connectivity index (χ0) is 13.9. The topological polar surface area (TPSA) is 45.2 Å². The minimum absolute atomic E-state index is 0.172. The van der Waals surface area contributed by atoms with Gasteiger partial charge in [-0.3, -0.25) is 0 Å². The van der Waals surface area contributed by atoms with Gasteiger partial charge in [0.1, 0.15) is 0 Å². The molecule has 0 unspecified atom stereocenters. The number of thiazole rings is 1. The summed E-state index contributed by atoms with van der Waals surface area (Å²) in [6.07, 6.45) is 2.97. The van der Waals surface area contributed by atoms with Crippen LogP contribution in [0.2, 0.25) is 0 Å². The van der Waals surface area contributed by atoms with Gasteiger partial charge < -0.3 is 10.4 Å². The van der Waals surface area contributed by atoms with Crippen molar-refractivity contribution < 1.29 is 5.11 Å². The van der Waals surface area contributed by atoms with Gasteiger partial charge in [0.05, 0.1) is 22.2 Å². The second-order valence-electron chi connectivity index (χ2n) is 5.45. The van der Waals surface area contributed by atoms with Gasteiger partial charge >= 0.3 is 0 Å². The molecule has 4 heteroatoms. The molecule has 106 valence electrons. The standard InChI is InChI=1S/C16H20N2OS/c1-11-16(20-10-18-11)13-7-5-12(6-8-13)9-17-14-3-2-4-15(14)19/h5-8,10,14-15,17,19H,2-4,9H2,1H3/t14-,15-/m1/s1. The molecule has 2 N–H and O–H groups in total. The number of aromatic nitrogens is 1. The lowest BCUT2D eigenvalue weighted by Gasteiger charge is -2.16. The Kier molecular flexibility index (Phi) is 4.15. The Morgan fingerprint density at radius 2 is 2.10 bits per heavy atom. The van der Waals surface area contributed by atoms with E-state index in [-0.39, 0.29) is 12.1 Å². The first kappa shape index (κ1) is 13.7. The summed E-state index contributed by atoms with van der Waals surface area (Å²) in [4.78, 5) is 5.54. The molecule has 1 fully saturated rings. The van der Waals surface area contributed by atoms with Crippen molar-refractivity contribution in [2.45, 2.75) is 44.9 Å². The summed E-state index contributed by atoms with van der Waals surface area (Å²) in [7, 11) is 0. The van der Waals surface area contributed by atoms with E-state index in [1.165, 1.54) is 16.0 Å². The van der Waals surface area contributed by atoms with Gasteiger partial charge in [0.25, 0.3) is 0 Å². The molecule has 1 aromatic heterocycles. The fourth-order valence-electron chi connectivity index (χ4n) is 2.78. The van der Waals surface area contributed by atoms with Crippen LogP contribution in [0, 0.1) is 6.92 Å². The van der Waals surface area contributed by atoms with E-state index in [0.29, 0.717) is 0 Å². The summed E-state index contributed by atoms with van der Waals surface area (Å²) in [6, 6.07) is 8.88. The number of aliphatic hydroxyl groups excluding tert-OH is 1. The quantitative estimate of drug-likeness (QED) is 0.908. The monoisotopic (exact) mass is 288 g/mol. The van der Waals surface area contributed by atoms with Crippen molar-refractivity contribution in [3.05, 3.63) is 41.0 Å². The Labute approximate surface area is 123 Å². The van der Waals surface area contributed by atoms with Crippen LogP contribution in [0.3, 0.4) is 0 Å². The normalized spacial score (nSPS) is 22.3. The maximum atomic E-state index is 9.80. The van der Waals surface area contributed by atoms with Crippen LogP contribution in [0.25, 0.3) is 10.4 Å². The van der Waals surface area contributed by atoms with Gasteiger partial charge in [-0.2, -0.15) is 0 Å². The summed E-state index contributed by atoms with van der Waals surface area (Å²) in [5.74, 6) is 0. The maximum Gasteiger partial charge on any atom is 0.0801 e. The molecule has 2 atom stereocenters. The van der Waals surface area contributed by atoms with Gasteiger partial charge in [0.15, 0.2) is 0 Å². The van der Waals surface area contributed by atoms with Crippen molar-refractivity contribution in [2.75, 3.05) is 0 Å². The minimum Gasteiger partial charge on any atom is -0.392 e. The minimum atomic E-state index is -0.172. The number of nitrogens with zero attached hydrogens (tertiary/aromatic N) is 1. The zero-order valence-corrected chi connectivity index (χ0v) is 12.5. The van der Waals surface area contributed by atoms with E-state index >= 15 is 0 Å². The van der Waals surface area contributed by atoms with Gasteiger partial charge in [-0.25, -0.2) is 4.98 Å². The highest BCUT2D eigenvalue weighted by Gasteiger charge is 2.24. The molecule has 1 saturated carbocycles. The van der Waals surface area contributed by atoms with E-state index in [1.807, 2.05) is 12.4 Å². The zero-order valence-electron chi connectivity index (χ0n) is 11.7. The average molecular weight is 288 g/mol. The summed E-state index contributed by atoms with van der Waals surface area (Å²) >= 11 is 1.68. The first-order valence-electron chi connectivity index (χ1n) is 7.15. The molecule has 3 nitrogen and oxygen atoms in total. The van der Waals surface area contributed by atoms with Crippen molar-refractivity contribution in [3.63, 3.8) is 0 Å². The van der Waals surface area contributed by atoms with Crippen molar-refractivity contribution >= 4 is 11.3 Å². The first-order chi connectivity index (χ1) is 9.74. The van der Waals surface area contributed by atoms with Crippen molar-refractivity contribution in [1.82, 2.24) is 10.3 Å². The van der Waals surface area contributed by atoms with Crippen LogP contribution in [0.5, 0.6) is 0 Å². The van der Waals surface area contributed by atoms with E-state index in [0.717, 1.165) is 31.5 Å². The van der Waals surface area contributed by atoms with E-state index in [2.05, 4.69) is 34.6 Å². The Morgan fingerprint density at radius 1 is 1.30 bits per heavy atom. The Bertz CT molecular complexity index is 564. The van der Waals surface area contributed by atoms with E-state index in [1.54, 1.807) is 11.3 Å². The summed E-state index contributed by atoms with van der Waals surface area (Å²) in [5, 5.41) is 13.3. The first-order valence-corrected chi connectivity index (χ1v) is 8.03. The summed E-state index contributed by atoms with van der Waals surface area (Å²) < 4.78 is 0. The van der Waals surface area contributed by atoms with E-state index < -0.39 is 0 Å². The lowest BCUT2D eigenvalue weighted by atomic mass is 10.1. The van der Waals surface area contributed by atoms with Gasteiger partial charge in [-0.1, -0.05) is 24.3 Å². The smallest absolute Gasteiger partial charge is 0.0801 e. The van der Waals surface area contributed by atoms with Crippen LogP contribution in [0.4, 0.5) is 0 Å². The number of rotatable bonds is 4. The van der Waals surface area contributed by atoms with Crippen LogP contribution in [-0.2, 0) is 6.54 Å². The predicted octanol–water partition coefficient (Wildman–Crippen LogP) is 3.12. The Morgan fingerprint density at radius 3 is 2.70 bits per heavy atom. The second-order valence-corrected chi connectivity index (χ2v) is 6.30. The molecule has 3 rings (SSSR count). The van der Waals surface area contributed by atoms with Gasteiger partial charge in [-0.05, 0) is 37.3 Å². The predicted molar refractivity (Wildman–Crippen MR) is 82.8 cm³/mol. The summed E-state index contributed by atoms with van der Waals surface area (Å²) in [6.45, 7) is 2.87. The Hall–Kier alpha value is -1.23. The number of hydrogen-bond acceptors (Lipinski definition) is 4. The maximum absolute atomic E-state index is 9.80. The molecule has 0 saturated heterocycles. The van der Waals surface area contributed by atoms with Crippen LogP contribution in [-0.4, -0.2) is 22.2 Å². The molecule has 1 aliphatic carbocycles. The fourth-order valence-corrected chi connectivity index (χ4v) is 3.59. The average Bonchev–Trinajstić information content (AvgIpc) is 3.06. The van der Waals surface area contributed by atoms with Crippen LogP contribution < -0.4 is 5.32 Å². The molecule has 20 heavy (non-hydrogen) atoms. The molecule has 0 aliphatic heterocycles. The molecule has 1 aromatic carbocycles. The van der Waals surface area contributed by atoms with Crippen molar-refractivity contribution in [3.8, 4) is 10.4 Å². The number of aryl methyl sites for hydroxylation is 1. The van der Waals surface area contributed by atoms with Crippen molar-refractivity contribution in [1.29, 1.82) is 0 Å². The third-order valence-electron chi connectivity index (χ3n) is 4.01. The van der Waals surface area contributed by atoms with Gasteiger partial charge in [0.2, 0.25) is 0 Å². The van der Waals surface area contributed by atoms with Crippen LogP contribution in [0.15, 0.2) is 29.8 Å². The SMILES string of the molecule is Cc1ncsc1-c1ccc(CN[C@@H]2CCC[C@H]2O)cc1. The number of hydrogen-bond donors (Lipinski definition) is 2. The van der Waals surface area contributed by atoms with E-state index in [9.17, 15) is 5.11 Å². The van der Waals surface area contributed by atoms with E-state index in [4.69, 9.17) is 0 Å². The molecule has 1 aliphatic rings. The highest BCUT2D eigenvalue weighted by atomic mass is 32.1. The molecule has 0 bridgehead atoms. The largest absolute Gasteiger partial charge is 0.392 e. The van der Waals surface area contributed by atoms with Crippen molar-refractivity contribution in [2.24, 2.45) is 0 Å². The highest BCUT2D eigenvalue weighted by molar-refractivity contribution is 7.13. The van der Waals surface area contributed by atoms with Crippen LogP contribution in [0.1, 0.15) is 30.5 Å². The lowest BCUT2D eigenvalue weighted by molar-refractivity contribution is 0.148. The third kappa shape index (κ3) is 2.92. The van der Waals surface area contributed by atoms with Crippen LogP contribution >= 0.6 is 11.3 Å².